The summed E-state index contributed by atoms with van der Waals surface area (Å²) in [6.07, 6.45) is 5.48. The molecule has 3 heteroatoms. The van der Waals surface area contributed by atoms with Crippen molar-refractivity contribution in [1.82, 2.24) is 15.1 Å². The van der Waals surface area contributed by atoms with Crippen LogP contribution in [-0.4, -0.2) is 55.6 Å². The molecule has 0 aliphatic carbocycles. The Labute approximate surface area is 148 Å². The van der Waals surface area contributed by atoms with Crippen LogP contribution in [0, 0.1) is 11.8 Å². The first-order valence-electron chi connectivity index (χ1n) is 9.89. The van der Waals surface area contributed by atoms with E-state index in [2.05, 4.69) is 59.4 Å². The van der Waals surface area contributed by atoms with Crippen molar-refractivity contribution in [3.05, 3.63) is 35.9 Å². The molecule has 1 aromatic rings. The number of benzene rings is 1. The number of nitrogens with one attached hydrogen (secondary N) is 1. The van der Waals surface area contributed by atoms with Crippen molar-refractivity contribution in [3.63, 3.8) is 0 Å². The van der Waals surface area contributed by atoms with Gasteiger partial charge in [-0.25, -0.2) is 0 Å². The number of likely N-dealkylation sites (tertiary alicyclic amines) is 2. The van der Waals surface area contributed by atoms with Gasteiger partial charge in [0.15, 0.2) is 0 Å². The molecule has 3 rings (SSSR count). The van der Waals surface area contributed by atoms with E-state index in [1.165, 1.54) is 64.0 Å². The molecule has 1 N–H and O–H groups in total. The van der Waals surface area contributed by atoms with Crippen LogP contribution in [0.25, 0.3) is 0 Å². The molecule has 134 valence electrons. The molecule has 0 aromatic heterocycles. The molecule has 0 amide bonds. The summed E-state index contributed by atoms with van der Waals surface area (Å²) in [5.74, 6) is 1.75. The van der Waals surface area contributed by atoms with Crippen LogP contribution in [0.1, 0.15) is 38.2 Å². The second-order valence-corrected chi connectivity index (χ2v) is 8.05. The van der Waals surface area contributed by atoms with E-state index in [1.807, 2.05) is 0 Å². The van der Waals surface area contributed by atoms with E-state index in [0.717, 1.165) is 18.4 Å². The number of nitrogens with zero attached hydrogens (tertiary/aromatic N) is 2. The van der Waals surface area contributed by atoms with Gasteiger partial charge in [0.2, 0.25) is 0 Å². The molecular formula is C21H35N3. The summed E-state index contributed by atoms with van der Waals surface area (Å²) < 4.78 is 0. The van der Waals surface area contributed by atoms with Crippen molar-refractivity contribution in [2.75, 3.05) is 39.8 Å². The van der Waals surface area contributed by atoms with Crippen molar-refractivity contribution in [2.45, 2.75) is 45.2 Å². The van der Waals surface area contributed by atoms with Gasteiger partial charge in [0, 0.05) is 19.1 Å². The van der Waals surface area contributed by atoms with Crippen LogP contribution in [-0.2, 0) is 6.54 Å². The highest BCUT2D eigenvalue weighted by Crippen LogP contribution is 2.22. The van der Waals surface area contributed by atoms with Crippen LogP contribution >= 0.6 is 0 Å². The third-order valence-electron chi connectivity index (χ3n) is 6.12. The summed E-state index contributed by atoms with van der Waals surface area (Å²) in [7, 11) is 2.25. The zero-order valence-corrected chi connectivity index (χ0v) is 15.6. The van der Waals surface area contributed by atoms with Crippen LogP contribution in [0.2, 0.25) is 0 Å². The largest absolute Gasteiger partial charge is 0.314 e. The van der Waals surface area contributed by atoms with Gasteiger partial charge in [0.1, 0.15) is 0 Å². The van der Waals surface area contributed by atoms with Gasteiger partial charge in [-0.05, 0) is 83.2 Å². The molecule has 2 heterocycles. The molecule has 24 heavy (non-hydrogen) atoms. The Balaban J connectivity index is 1.33. The highest BCUT2D eigenvalue weighted by Gasteiger charge is 2.27. The van der Waals surface area contributed by atoms with Gasteiger partial charge < -0.3 is 10.2 Å². The average Bonchev–Trinajstić information content (AvgIpc) is 3.06. The fourth-order valence-corrected chi connectivity index (χ4v) is 4.29. The minimum Gasteiger partial charge on any atom is -0.314 e. The normalized spacial score (nSPS) is 25.2. The predicted octanol–water partition coefficient (Wildman–Crippen LogP) is 3.22. The first-order valence-corrected chi connectivity index (χ1v) is 9.89. The topological polar surface area (TPSA) is 18.5 Å². The second kappa shape index (κ2) is 8.98. The maximum Gasteiger partial charge on any atom is 0.0233 e. The molecule has 0 spiro atoms. The van der Waals surface area contributed by atoms with Gasteiger partial charge in [0.05, 0.1) is 0 Å². The Morgan fingerprint density at radius 2 is 1.83 bits per heavy atom. The standard InChI is InChI=1S/C21H35N3/c1-18(22-12-8-19-9-13-23(2)14-10-19)21-11-15-24(17-21)16-20-6-4-3-5-7-20/h3-7,18-19,21-22H,8-17H2,1-2H3/t18-,21-/m1/s1. The Kier molecular flexibility index (Phi) is 6.70. The molecule has 1 aromatic carbocycles. The van der Waals surface area contributed by atoms with Gasteiger partial charge in [-0.3, -0.25) is 4.90 Å². The molecule has 2 atom stereocenters. The fourth-order valence-electron chi connectivity index (χ4n) is 4.29. The lowest BCUT2D eigenvalue weighted by Crippen LogP contribution is -2.37. The molecule has 2 fully saturated rings. The van der Waals surface area contributed by atoms with Crippen LogP contribution in [0.4, 0.5) is 0 Å². The number of hydrogen-bond acceptors (Lipinski definition) is 3. The lowest BCUT2D eigenvalue weighted by Gasteiger charge is -2.29. The average molecular weight is 330 g/mol. The molecule has 0 radical (unpaired) electrons. The highest BCUT2D eigenvalue weighted by molar-refractivity contribution is 5.14. The Hall–Kier alpha value is -0.900. The molecule has 2 aliphatic rings. The molecule has 0 bridgehead atoms. The van der Waals surface area contributed by atoms with E-state index in [4.69, 9.17) is 0 Å². The molecule has 3 nitrogen and oxygen atoms in total. The minimum atomic E-state index is 0.650. The maximum absolute atomic E-state index is 3.83. The lowest BCUT2D eigenvalue weighted by molar-refractivity contribution is 0.209. The van der Waals surface area contributed by atoms with E-state index < -0.39 is 0 Å². The predicted molar refractivity (Wildman–Crippen MR) is 102 cm³/mol. The minimum absolute atomic E-state index is 0.650. The summed E-state index contributed by atoms with van der Waals surface area (Å²) in [5, 5.41) is 3.83. The second-order valence-electron chi connectivity index (χ2n) is 8.05. The SMILES string of the molecule is C[C@@H](NCCC1CCN(C)CC1)[C@@H]1CCN(Cc2ccccc2)C1. The van der Waals surface area contributed by atoms with Gasteiger partial charge in [-0.15, -0.1) is 0 Å². The van der Waals surface area contributed by atoms with Crippen LogP contribution < -0.4 is 5.32 Å². The van der Waals surface area contributed by atoms with E-state index in [9.17, 15) is 0 Å². The van der Waals surface area contributed by atoms with Gasteiger partial charge >= 0.3 is 0 Å². The number of hydrogen-bond donors (Lipinski definition) is 1. The van der Waals surface area contributed by atoms with Gasteiger partial charge in [-0.1, -0.05) is 30.3 Å². The Morgan fingerprint density at radius 3 is 2.58 bits per heavy atom. The molecular weight excluding hydrogens is 294 g/mol. The summed E-state index contributed by atoms with van der Waals surface area (Å²) >= 11 is 0. The first-order chi connectivity index (χ1) is 11.7. The van der Waals surface area contributed by atoms with Crippen molar-refractivity contribution in [1.29, 1.82) is 0 Å². The maximum atomic E-state index is 3.83. The van der Waals surface area contributed by atoms with Crippen LogP contribution in [0.3, 0.4) is 0 Å². The van der Waals surface area contributed by atoms with Crippen molar-refractivity contribution < 1.29 is 0 Å². The lowest BCUT2D eigenvalue weighted by atomic mass is 9.93. The molecule has 0 saturated carbocycles. The molecule has 2 saturated heterocycles. The Bertz CT molecular complexity index is 467. The summed E-state index contributed by atoms with van der Waals surface area (Å²) in [6, 6.07) is 11.5. The quantitative estimate of drug-likeness (QED) is 0.829. The summed E-state index contributed by atoms with van der Waals surface area (Å²) in [6.45, 7) is 9.78. The Morgan fingerprint density at radius 1 is 1.08 bits per heavy atom. The first kappa shape index (κ1) is 17.9. The molecule has 2 aliphatic heterocycles. The summed E-state index contributed by atoms with van der Waals surface area (Å²) in [5.41, 5.74) is 1.45. The van der Waals surface area contributed by atoms with E-state index in [1.54, 1.807) is 0 Å². The zero-order valence-electron chi connectivity index (χ0n) is 15.6. The van der Waals surface area contributed by atoms with E-state index >= 15 is 0 Å². The smallest absolute Gasteiger partial charge is 0.0233 e. The van der Waals surface area contributed by atoms with E-state index in [0.29, 0.717) is 6.04 Å². The third-order valence-corrected chi connectivity index (χ3v) is 6.12. The van der Waals surface area contributed by atoms with Crippen LogP contribution in [0.5, 0.6) is 0 Å². The van der Waals surface area contributed by atoms with Crippen molar-refractivity contribution in [2.24, 2.45) is 11.8 Å². The zero-order chi connectivity index (χ0) is 16.8. The monoisotopic (exact) mass is 329 g/mol. The molecule has 0 unspecified atom stereocenters. The van der Waals surface area contributed by atoms with Gasteiger partial charge in [-0.2, -0.15) is 0 Å². The van der Waals surface area contributed by atoms with Crippen molar-refractivity contribution >= 4 is 0 Å². The highest BCUT2D eigenvalue weighted by atomic mass is 15.2. The summed E-state index contributed by atoms with van der Waals surface area (Å²) in [4.78, 5) is 5.08. The fraction of sp³-hybridized carbons (Fsp3) is 0.714. The third kappa shape index (κ3) is 5.30. The van der Waals surface area contributed by atoms with Gasteiger partial charge in [0.25, 0.3) is 0 Å². The van der Waals surface area contributed by atoms with Crippen LogP contribution in [0.15, 0.2) is 30.3 Å². The number of rotatable bonds is 7. The van der Waals surface area contributed by atoms with Crippen molar-refractivity contribution in [3.8, 4) is 0 Å². The van der Waals surface area contributed by atoms with E-state index in [-0.39, 0.29) is 0 Å². The number of piperidine rings is 1.